The summed E-state index contributed by atoms with van der Waals surface area (Å²) in [7, 11) is 0. The molecule has 0 radical (unpaired) electrons. The predicted octanol–water partition coefficient (Wildman–Crippen LogP) is 3.36. The molecule has 0 aliphatic rings. The minimum atomic E-state index is -5.18. The summed E-state index contributed by atoms with van der Waals surface area (Å²) < 4.78 is 45.1. The Morgan fingerprint density at radius 3 is 2.26 bits per heavy atom. The van der Waals surface area contributed by atoms with Crippen LogP contribution in [0.4, 0.5) is 18.9 Å². The molecule has 1 atom stereocenters. The number of carbonyl (C=O) groups is 2. The van der Waals surface area contributed by atoms with E-state index in [1.807, 2.05) is 5.32 Å². The number of rotatable bonds is 5. The number of nitrogens with one attached hydrogen (secondary N) is 2. The molecule has 2 N–H and O–H groups in total. The quantitative estimate of drug-likeness (QED) is 0.614. The largest absolute Gasteiger partial charge is 0.463 e. The van der Waals surface area contributed by atoms with Crippen LogP contribution in [0, 0.1) is 0 Å². The number of ether oxygens (including phenoxy) is 1. The molecule has 0 unspecified atom stereocenters. The van der Waals surface area contributed by atoms with Crippen LogP contribution in [0.15, 0.2) is 18.2 Å². The van der Waals surface area contributed by atoms with Gasteiger partial charge < -0.3 is 15.4 Å². The molecule has 128 valence electrons. The van der Waals surface area contributed by atoms with Crippen molar-refractivity contribution in [3.8, 4) is 0 Å². The summed E-state index contributed by atoms with van der Waals surface area (Å²) in [5, 5.41) is 3.60. The van der Waals surface area contributed by atoms with Crippen LogP contribution < -0.4 is 10.6 Å². The van der Waals surface area contributed by atoms with Gasteiger partial charge in [0.1, 0.15) is 0 Å². The maximum Gasteiger partial charge on any atom is 0.441 e. The van der Waals surface area contributed by atoms with Gasteiger partial charge in [-0.1, -0.05) is 23.2 Å². The van der Waals surface area contributed by atoms with Gasteiger partial charge in [-0.05, 0) is 25.1 Å². The highest BCUT2D eigenvalue weighted by atomic mass is 35.5. The van der Waals surface area contributed by atoms with E-state index in [4.69, 9.17) is 23.2 Å². The molecular weight excluding hydrogens is 360 g/mol. The topological polar surface area (TPSA) is 67.4 Å². The van der Waals surface area contributed by atoms with Gasteiger partial charge in [0.05, 0.1) is 16.7 Å². The lowest BCUT2D eigenvalue weighted by Crippen LogP contribution is -2.69. The summed E-state index contributed by atoms with van der Waals surface area (Å²) in [6.45, 7) is 1.88. The van der Waals surface area contributed by atoms with Crippen molar-refractivity contribution in [1.82, 2.24) is 5.32 Å². The zero-order valence-corrected chi connectivity index (χ0v) is 13.6. The summed E-state index contributed by atoms with van der Waals surface area (Å²) in [5.74, 6) is -2.78. The first kappa shape index (κ1) is 19.4. The molecule has 23 heavy (non-hydrogen) atoms. The fourth-order valence-electron chi connectivity index (χ4n) is 1.68. The van der Waals surface area contributed by atoms with Gasteiger partial charge in [0.25, 0.3) is 0 Å². The Balaban J connectivity index is 3.38. The van der Waals surface area contributed by atoms with E-state index in [1.54, 1.807) is 5.32 Å². The number of halogens is 5. The molecule has 0 bridgehead atoms. The van der Waals surface area contributed by atoms with Crippen LogP contribution >= 0.6 is 23.2 Å². The molecule has 0 saturated carbocycles. The Morgan fingerprint density at radius 1 is 1.22 bits per heavy atom. The molecule has 1 amide bonds. The van der Waals surface area contributed by atoms with Crippen LogP contribution in [0.25, 0.3) is 0 Å². The third-order valence-corrected chi connectivity index (χ3v) is 3.36. The SMILES string of the molecule is CCOC(=O)[C@@](NC(C)=O)(Nc1ccc(Cl)c(Cl)c1)C(F)(F)F. The Kier molecular flexibility index (Phi) is 6.12. The zero-order valence-electron chi connectivity index (χ0n) is 12.1. The van der Waals surface area contributed by atoms with Gasteiger partial charge in [-0.25, -0.2) is 4.79 Å². The molecule has 0 saturated heterocycles. The summed E-state index contributed by atoms with van der Waals surface area (Å²) in [4.78, 5) is 23.1. The van der Waals surface area contributed by atoms with Crippen molar-refractivity contribution >= 4 is 40.8 Å². The summed E-state index contributed by atoms with van der Waals surface area (Å²) in [6, 6.07) is 3.51. The van der Waals surface area contributed by atoms with E-state index in [1.165, 1.54) is 19.1 Å². The monoisotopic (exact) mass is 372 g/mol. The van der Waals surface area contributed by atoms with Crippen molar-refractivity contribution in [2.75, 3.05) is 11.9 Å². The molecule has 0 aliphatic heterocycles. The molecule has 1 aromatic rings. The van der Waals surface area contributed by atoms with Gasteiger partial charge >= 0.3 is 17.8 Å². The molecule has 0 aromatic heterocycles. The fourth-order valence-corrected chi connectivity index (χ4v) is 1.98. The number of benzene rings is 1. The minimum Gasteiger partial charge on any atom is -0.463 e. The van der Waals surface area contributed by atoms with E-state index in [9.17, 15) is 22.8 Å². The number of amides is 1. The molecule has 10 heteroatoms. The predicted molar refractivity (Wildman–Crippen MR) is 79.3 cm³/mol. The van der Waals surface area contributed by atoms with Gasteiger partial charge in [-0.2, -0.15) is 13.2 Å². The number of hydrogen-bond donors (Lipinski definition) is 2. The van der Waals surface area contributed by atoms with Crippen LogP contribution in [0.3, 0.4) is 0 Å². The van der Waals surface area contributed by atoms with E-state index >= 15 is 0 Å². The van der Waals surface area contributed by atoms with Gasteiger partial charge in [-0.3, -0.25) is 4.79 Å². The first-order valence-electron chi connectivity index (χ1n) is 6.29. The Labute approximate surface area is 140 Å². The molecule has 0 fully saturated rings. The molecular formula is C13H13Cl2F3N2O3. The van der Waals surface area contributed by atoms with Crippen molar-refractivity contribution in [3.05, 3.63) is 28.2 Å². The van der Waals surface area contributed by atoms with Crippen molar-refractivity contribution in [2.45, 2.75) is 25.7 Å². The van der Waals surface area contributed by atoms with Crippen molar-refractivity contribution in [3.63, 3.8) is 0 Å². The lowest BCUT2D eigenvalue weighted by atomic mass is 10.1. The van der Waals surface area contributed by atoms with E-state index in [2.05, 4.69) is 4.74 Å². The molecule has 5 nitrogen and oxygen atoms in total. The highest BCUT2D eigenvalue weighted by Gasteiger charge is 2.63. The van der Waals surface area contributed by atoms with Gasteiger partial charge in [0.15, 0.2) is 0 Å². The normalized spacial score (nSPS) is 13.9. The van der Waals surface area contributed by atoms with Gasteiger partial charge in [-0.15, -0.1) is 0 Å². The van der Waals surface area contributed by atoms with Crippen molar-refractivity contribution < 1.29 is 27.5 Å². The van der Waals surface area contributed by atoms with E-state index < -0.39 is 23.7 Å². The third-order valence-electron chi connectivity index (χ3n) is 2.62. The van der Waals surface area contributed by atoms with Crippen molar-refractivity contribution in [2.24, 2.45) is 0 Å². The van der Waals surface area contributed by atoms with E-state index in [-0.39, 0.29) is 22.3 Å². The summed E-state index contributed by atoms with van der Waals surface area (Å²) in [6.07, 6.45) is -5.18. The highest BCUT2D eigenvalue weighted by molar-refractivity contribution is 6.42. The lowest BCUT2D eigenvalue weighted by molar-refractivity contribution is -0.207. The van der Waals surface area contributed by atoms with Crippen molar-refractivity contribution in [1.29, 1.82) is 0 Å². The number of anilines is 1. The average molecular weight is 373 g/mol. The first-order valence-corrected chi connectivity index (χ1v) is 7.05. The van der Waals surface area contributed by atoms with E-state index in [0.717, 1.165) is 13.0 Å². The average Bonchev–Trinajstić information content (AvgIpc) is 2.40. The Morgan fingerprint density at radius 2 is 1.83 bits per heavy atom. The maximum atomic E-state index is 13.5. The van der Waals surface area contributed by atoms with Crippen LogP contribution in [-0.2, 0) is 14.3 Å². The van der Waals surface area contributed by atoms with Gasteiger partial charge in [0, 0.05) is 12.6 Å². The third kappa shape index (κ3) is 4.42. The van der Waals surface area contributed by atoms with Crippen LogP contribution in [0.2, 0.25) is 10.0 Å². The number of esters is 1. The highest BCUT2D eigenvalue weighted by Crippen LogP contribution is 2.34. The second-order valence-electron chi connectivity index (χ2n) is 4.40. The molecule has 0 heterocycles. The molecule has 1 aromatic carbocycles. The smallest absolute Gasteiger partial charge is 0.441 e. The lowest BCUT2D eigenvalue weighted by Gasteiger charge is -2.35. The number of alkyl halides is 3. The minimum absolute atomic E-state index is 0.0283. The summed E-state index contributed by atoms with van der Waals surface area (Å²) in [5.41, 5.74) is -3.63. The van der Waals surface area contributed by atoms with Crippen LogP contribution in [0.1, 0.15) is 13.8 Å². The standard InChI is InChI=1S/C13H13Cl2F3N2O3/c1-3-23-11(22)12(13(16,17)18,19-7(2)21)20-8-4-5-9(14)10(15)6-8/h4-6,20H,3H2,1-2H3,(H,19,21)/t12-/m1/s1. The second kappa shape index (κ2) is 7.27. The maximum absolute atomic E-state index is 13.5. The van der Waals surface area contributed by atoms with Gasteiger partial charge in [0.2, 0.25) is 5.91 Å². The zero-order chi connectivity index (χ0) is 17.8. The van der Waals surface area contributed by atoms with Crippen LogP contribution in [-0.4, -0.2) is 30.3 Å². The second-order valence-corrected chi connectivity index (χ2v) is 5.22. The Bertz CT molecular complexity index is 611. The molecule has 1 rings (SSSR count). The van der Waals surface area contributed by atoms with Crippen LogP contribution in [0.5, 0.6) is 0 Å². The molecule has 0 spiro atoms. The summed E-state index contributed by atoms with van der Waals surface area (Å²) >= 11 is 11.4. The first-order chi connectivity index (χ1) is 10.5. The fraction of sp³-hybridized carbons (Fsp3) is 0.385. The Hall–Kier alpha value is -1.67. The number of hydrogen-bond acceptors (Lipinski definition) is 4. The molecule has 0 aliphatic carbocycles. The van der Waals surface area contributed by atoms with E-state index in [0.29, 0.717) is 0 Å². The number of carbonyl (C=O) groups excluding carboxylic acids is 2.